The van der Waals surface area contributed by atoms with Crippen LogP contribution in [0.5, 0.6) is 5.75 Å². The van der Waals surface area contributed by atoms with Crippen molar-refractivity contribution in [3.63, 3.8) is 0 Å². The highest BCUT2D eigenvalue weighted by Crippen LogP contribution is 2.19. The molecule has 0 unspecified atom stereocenters. The summed E-state index contributed by atoms with van der Waals surface area (Å²) >= 11 is 0. The minimum atomic E-state index is -3.24. The summed E-state index contributed by atoms with van der Waals surface area (Å²) in [6, 6.07) is 6.18. The zero-order chi connectivity index (χ0) is 15.3. The Morgan fingerprint density at radius 2 is 1.95 bits per heavy atom. The Hall–Kier alpha value is -1.60. The fraction of sp³-hybridized carbons (Fsp3) is 0.500. The predicted molar refractivity (Wildman–Crippen MR) is 76.5 cm³/mol. The average Bonchev–Trinajstić information content (AvgIpc) is 2.48. The molecule has 0 radical (unpaired) electrons. The highest BCUT2D eigenvalue weighted by Gasteiger charge is 2.27. The lowest BCUT2D eigenvalue weighted by molar-refractivity contribution is 0.0692. The number of ether oxygens (including phenoxy) is 2. The summed E-state index contributed by atoms with van der Waals surface area (Å²) < 4.78 is 34.8. The molecule has 6 nitrogen and oxygen atoms in total. The van der Waals surface area contributed by atoms with E-state index in [1.54, 1.807) is 12.1 Å². The Morgan fingerprint density at radius 3 is 2.62 bits per heavy atom. The number of benzene rings is 1. The van der Waals surface area contributed by atoms with Crippen LogP contribution in [-0.2, 0) is 14.6 Å². The Labute approximate surface area is 123 Å². The molecule has 0 bridgehead atoms. The van der Waals surface area contributed by atoms with Crippen LogP contribution in [0.2, 0.25) is 0 Å². The molecule has 1 aromatic carbocycles. The standard InChI is InChI=1S/C14H18O6S/c15-14(16)12-3-1-2-4-13(12)20-9-10-21(17,18)11-5-7-19-8-6-11/h1-4,11H,5-10H2,(H,15,16). The number of hydrogen-bond acceptors (Lipinski definition) is 5. The van der Waals surface area contributed by atoms with Crippen molar-refractivity contribution in [1.29, 1.82) is 0 Å². The third kappa shape index (κ3) is 4.18. The summed E-state index contributed by atoms with van der Waals surface area (Å²) in [5, 5.41) is 8.63. The third-order valence-electron chi connectivity index (χ3n) is 3.42. The SMILES string of the molecule is O=C(O)c1ccccc1OCCS(=O)(=O)C1CCOCC1. The number of carboxylic acid groups (broad SMARTS) is 1. The summed E-state index contributed by atoms with van der Waals surface area (Å²) in [4.78, 5) is 11.0. The fourth-order valence-electron chi connectivity index (χ4n) is 2.24. The smallest absolute Gasteiger partial charge is 0.339 e. The van der Waals surface area contributed by atoms with Crippen LogP contribution in [0.1, 0.15) is 23.2 Å². The molecular weight excluding hydrogens is 296 g/mol. The molecule has 1 N–H and O–H groups in total. The Balaban J connectivity index is 1.93. The number of rotatable bonds is 6. The van der Waals surface area contributed by atoms with Gasteiger partial charge in [-0.25, -0.2) is 13.2 Å². The van der Waals surface area contributed by atoms with E-state index in [4.69, 9.17) is 14.6 Å². The average molecular weight is 314 g/mol. The van der Waals surface area contributed by atoms with E-state index in [-0.39, 0.29) is 28.9 Å². The topological polar surface area (TPSA) is 89.9 Å². The first kappa shape index (κ1) is 15.8. The number of aromatic carboxylic acids is 1. The molecule has 0 saturated carbocycles. The maximum absolute atomic E-state index is 12.1. The van der Waals surface area contributed by atoms with Crippen LogP contribution in [0.15, 0.2) is 24.3 Å². The summed E-state index contributed by atoms with van der Waals surface area (Å²) in [5.41, 5.74) is 0.0287. The predicted octanol–water partition coefficient (Wildman–Crippen LogP) is 1.36. The molecule has 0 amide bonds. The van der Waals surface area contributed by atoms with Gasteiger partial charge < -0.3 is 14.6 Å². The van der Waals surface area contributed by atoms with Gasteiger partial charge in [0.15, 0.2) is 9.84 Å². The Bertz CT molecular complexity index is 589. The number of hydrogen-bond donors (Lipinski definition) is 1. The minimum absolute atomic E-state index is 0.0287. The highest BCUT2D eigenvalue weighted by molar-refractivity contribution is 7.92. The van der Waals surface area contributed by atoms with Crippen LogP contribution < -0.4 is 4.74 Å². The van der Waals surface area contributed by atoms with E-state index in [0.717, 1.165) is 0 Å². The van der Waals surface area contributed by atoms with E-state index in [1.807, 2.05) is 0 Å². The minimum Gasteiger partial charge on any atom is -0.492 e. The molecule has 1 aliphatic heterocycles. The van der Waals surface area contributed by atoms with Crippen molar-refractivity contribution in [3.8, 4) is 5.75 Å². The normalized spacial score (nSPS) is 16.6. The lowest BCUT2D eigenvalue weighted by Gasteiger charge is -2.22. The van der Waals surface area contributed by atoms with Gasteiger partial charge in [0, 0.05) is 13.2 Å². The molecule has 0 aromatic heterocycles. The van der Waals surface area contributed by atoms with Gasteiger partial charge in [-0.05, 0) is 25.0 Å². The number of para-hydroxylation sites is 1. The van der Waals surface area contributed by atoms with Crippen molar-refractivity contribution in [2.45, 2.75) is 18.1 Å². The van der Waals surface area contributed by atoms with E-state index in [2.05, 4.69) is 0 Å². The molecule has 21 heavy (non-hydrogen) atoms. The first-order valence-electron chi connectivity index (χ1n) is 6.75. The molecule has 1 heterocycles. The lowest BCUT2D eigenvalue weighted by atomic mass is 10.2. The molecule has 1 aliphatic rings. The molecular formula is C14H18O6S. The number of sulfone groups is 1. The summed E-state index contributed by atoms with van der Waals surface area (Å²) in [7, 11) is -3.24. The van der Waals surface area contributed by atoms with E-state index in [0.29, 0.717) is 26.1 Å². The van der Waals surface area contributed by atoms with Crippen molar-refractivity contribution in [3.05, 3.63) is 29.8 Å². The van der Waals surface area contributed by atoms with Crippen molar-refractivity contribution >= 4 is 15.8 Å². The Morgan fingerprint density at radius 1 is 1.29 bits per heavy atom. The quantitative estimate of drug-likeness (QED) is 0.852. The van der Waals surface area contributed by atoms with Crippen LogP contribution >= 0.6 is 0 Å². The van der Waals surface area contributed by atoms with E-state index >= 15 is 0 Å². The number of carboxylic acids is 1. The van der Waals surface area contributed by atoms with Gasteiger partial charge in [-0.1, -0.05) is 12.1 Å². The molecule has 1 fully saturated rings. The largest absolute Gasteiger partial charge is 0.492 e. The van der Waals surface area contributed by atoms with Crippen LogP contribution in [-0.4, -0.2) is 50.3 Å². The van der Waals surface area contributed by atoms with Crippen LogP contribution in [0, 0.1) is 0 Å². The zero-order valence-corrected chi connectivity index (χ0v) is 12.3. The van der Waals surface area contributed by atoms with Gasteiger partial charge in [0.05, 0.1) is 11.0 Å². The Kier molecular flexibility index (Phi) is 5.19. The summed E-state index contributed by atoms with van der Waals surface area (Å²) in [5.74, 6) is -1.03. The first-order chi connectivity index (χ1) is 10.0. The number of carbonyl (C=O) groups is 1. The molecule has 116 valence electrons. The van der Waals surface area contributed by atoms with Crippen molar-refractivity contribution in [1.82, 2.24) is 0 Å². The molecule has 1 aromatic rings. The maximum atomic E-state index is 12.1. The van der Waals surface area contributed by atoms with Crippen LogP contribution in [0.25, 0.3) is 0 Å². The zero-order valence-electron chi connectivity index (χ0n) is 11.5. The fourth-order valence-corrected chi connectivity index (χ4v) is 3.80. The third-order valence-corrected chi connectivity index (χ3v) is 5.64. The van der Waals surface area contributed by atoms with Gasteiger partial charge in [0.2, 0.25) is 0 Å². The van der Waals surface area contributed by atoms with Gasteiger partial charge in [0.25, 0.3) is 0 Å². The van der Waals surface area contributed by atoms with Crippen LogP contribution in [0.4, 0.5) is 0 Å². The van der Waals surface area contributed by atoms with Crippen molar-refractivity contribution < 1.29 is 27.8 Å². The lowest BCUT2D eigenvalue weighted by Crippen LogP contribution is -2.32. The second-order valence-electron chi connectivity index (χ2n) is 4.83. The second-order valence-corrected chi connectivity index (χ2v) is 7.23. The summed E-state index contributed by atoms with van der Waals surface area (Å²) in [6.45, 7) is 0.878. The van der Waals surface area contributed by atoms with Gasteiger partial charge in [0.1, 0.15) is 17.9 Å². The maximum Gasteiger partial charge on any atom is 0.339 e. The first-order valence-corrected chi connectivity index (χ1v) is 8.46. The highest BCUT2D eigenvalue weighted by atomic mass is 32.2. The molecule has 7 heteroatoms. The molecule has 0 spiro atoms. The van der Waals surface area contributed by atoms with Gasteiger partial charge in [-0.2, -0.15) is 0 Å². The van der Waals surface area contributed by atoms with E-state index in [9.17, 15) is 13.2 Å². The molecule has 2 rings (SSSR count). The van der Waals surface area contributed by atoms with Gasteiger partial charge >= 0.3 is 5.97 Å². The molecule has 1 saturated heterocycles. The van der Waals surface area contributed by atoms with Gasteiger partial charge in [-0.3, -0.25) is 0 Å². The molecule has 0 atom stereocenters. The van der Waals surface area contributed by atoms with Crippen LogP contribution in [0.3, 0.4) is 0 Å². The van der Waals surface area contributed by atoms with Crippen molar-refractivity contribution in [2.24, 2.45) is 0 Å². The summed E-state index contributed by atoms with van der Waals surface area (Å²) in [6.07, 6.45) is 1.02. The van der Waals surface area contributed by atoms with E-state index in [1.165, 1.54) is 12.1 Å². The monoisotopic (exact) mass is 314 g/mol. The second kappa shape index (κ2) is 6.91. The van der Waals surface area contributed by atoms with Crippen molar-refractivity contribution in [2.75, 3.05) is 25.6 Å². The molecule has 0 aliphatic carbocycles. The van der Waals surface area contributed by atoms with Gasteiger partial charge in [-0.15, -0.1) is 0 Å². The van der Waals surface area contributed by atoms with E-state index < -0.39 is 15.8 Å².